The Morgan fingerprint density at radius 3 is 2.84 bits per heavy atom. The summed E-state index contributed by atoms with van der Waals surface area (Å²) in [5, 5.41) is 4.55. The summed E-state index contributed by atoms with van der Waals surface area (Å²) in [5.74, 6) is 0.491. The highest BCUT2D eigenvalue weighted by atomic mass is 35.5. The molecule has 0 atom stereocenters. The Bertz CT molecular complexity index is 635. The molecule has 0 spiro atoms. The molecule has 0 fully saturated rings. The molecule has 2 aromatic rings. The number of rotatable bonds is 3. The molecular formula is C13H9Cl2NO3. The Balaban J connectivity index is 2.23. The van der Waals surface area contributed by atoms with Gasteiger partial charge in [0.15, 0.2) is 0 Å². The number of carbonyl (C=O) groups excluding carboxylic acids is 1. The summed E-state index contributed by atoms with van der Waals surface area (Å²) < 4.78 is 5.50. The van der Waals surface area contributed by atoms with E-state index in [2.05, 4.69) is 9.99 Å². The van der Waals surface area contributed by atoms with Crippen LogP contribution in [0.3, 0.4) is 0 Å². The molecule has 98 valence electrons. The molecule has 0 saturated heterocycles. The number of carbonyl (C=O) groups is 1. The number of benzene rings is 1. The maximum atomic E-state index is 10.5. The average molecular weight is 298 g/mol. The van der Waals surface area contributed by atoms with E-state index in [4.69, 9.17) is 27.6 Å². The first-order chi connectivity index (χ1) is 9.06. The first kappa shape index (κ1) is 13.6. The van der Waals surface area contributed by atoms with Gasteiger partial charge >= 0.3 is 5.97 Å². The van der Waals surface area contributed by atoms with Gasteiger partial charge in [-0.1, -0.05) is 28.4 Å². The van der Waals surface area contributed by atoms with Crippen molar-refractivity contribution in [2.75, 3.05) is 0 Å². The second-order valence-corrected chi connectivity index (χ2v) is 4.49. The summed E-state index contributed by atoms with van der Waals surface area (Å²) in [5.41, 5.74) is 0.682. The van der Waals surface area contributed by atoms with Crippen LogP contribution in [0.1, 0.15) is 12.7 Å². The molecule has 0 amide bonds. The van der Waals surface area contributed by atoms with Crippen molar-refractivity contribution in [3.63, 3.8) is 0 Å². The van der Waals surface area contributed by atoms with Crippen molar-refractivity contribution < 1.29 is 14.0 Å². The SMILES string of the molecule is CC(=O)O/N=C\c1ccc(-c2cc(Cl)ccc2Cl)o1. The van der Waals surface area contributed by atoms with Crippen molar-refractivity contribution >= 4 is 35.4 Å². The molecule has 1 heterocycles. The van der Waals surface area contributed by atoms with E-state index in [1.165, 1.54) is 13.1 Å². The minimum atomic E-state index is -0.499. The Kier molecular flexibility index (Phi) is 4.24. The Labute approximate surface area is 119 Å². The zero-order chi connectivity index (χ0) is 13.8. The smallest absolute Gasteiger partial charge is 0.331 e. The molecule has 1 aromatic carbocycles. The van der Waals surface area contributed by atoms with Crippen molar-refractivity contribution in [3.8, 4) is 11.3 Å². The van der Waals surface area contributed by atoms with Crippen molar-refractivity contribution in [1.29, 1.82) is 0 Å². The van der Waals surface area contributed by atoms with E-state index in [1.807, 2.05) is 0 Å². The topological polar surface area (TPSA) is 51.8 Å². The maximum Gasteiger partial charge on any atom is 0.331 e. The minimum Gasteiger partial charge on any atom is -0.455 e. The van der Waals surface area contributed by atoms with E-state index in [0.29, 0.717) is 27.1 Å². The van der Waals surface area contributed by atoms with E-state index in [9.17, 15) is 4.79 Å². The van der Waals surface area contributed by atoms with Crippen LogP contribution in [0.25, 0.3) is 11.3 Å². The average Bonchev–Trinajstić information content (AvgIpc) is 2.80. The third-order valence-electron chi connectivity index (χ3n) is 2.18. The van der Waals surface area contributed by atoms with Gasteiger partial charge in [-0.15, -0.1) is 0 Å². The van der Waals surface area contributed by atoms with Gasteiger partial charge in [0.05, 0.1) is 5.02 Å². The summed E-state index contributed by atoms with van der Waals surface area (Å²) in [7, 11) is 0. The number of oxime groups is 1. The zero-order valence-electron chi connectivity index (χ0n) is 9.89. The predicted molar refractivity (Wildman–Crippen MR) is 73.5 cm³/mol. The largest absolute Gasteiger partial charge is 0.455 e. The molecule has 0 aliphatic carbocycles. The fraction of sp³-hybridized carbons (Fsp3) is 0.0769. The van der Waals surface area contributed by atoms with Crippen molar-refractivity contribution in [1.82, 2.24) is 0 Å². The number of nitrogens with zero attached hydrogens (tertiary/aromatic N) is 1. The third-order valence-corrected chi connectivity index (χ3v) is 2.75. The number of hydrogen-bond donors (Lipinski definition) is 0. The highest BCUT2D eigenvalue weighted by Crippen LogP contribution is 2.31. The van der Waals surface area contributed by atoms with Crippen molar-refractivity contribution in [2.45, 2.75) is 6.92 Å². The lowest BCUT2D eigenvalue weighted by Crippen LogP contribution is -1.90. The van der Waals surface area contributed by atoms with E-state index in [1.54, 1.807) is 30.3 Å². The van der Waals surface area contributed by atoms with Crippen molar-refractivity contribution in [2.24, 2.45) is 5.16 Å². The molecule has 2 rings (SSSR count). The van der Waals surface area contributed by atoms with Gasteiger partial charge in [0.2, 0.25) is 0 Å². The Morgan fingerprint density at radius 1 is 1.32 bits per heavy atom. The summed E-state index contributed by atoms with van der Waals surface area (Å²) in [4.78, 5) is 15.0. The van der Waals surface area contributed by atoms with E-state index < -0.39 is 5.97 Å². The summed E-state index contributed by atoms with van der Waals surface area (Å²) in [6.45, 7) is 1.26. The quantitative estimate of drug-likeness (QED) is 0.486. The lowest BCUT2D eigenvalue weighted by Gasteiger charge is -2.00. The van der Waals surface area contributed by atoms with E-state index in [-0.39, 0.29) is 0 Å². The lowest BCUT2D eigenvalue weighted by molar-refractivity contribution is -0.140. The van der Waals surface area contributed by atoms with Crippen LogP contribution in [0.2, 0.25) is 10.0 Å². The van der Waals surface area contributed by atoms with Crippen LogP contribution in [-0.4, -0.2) is 12.2 Å². The van der Waals surface area contributed by atoms with Crippen LogP contribution in [0.4, 0.5) is 0 Å². The van der Waals surface area contributed by atoms with Gasteiger partial charge in [-0.2, -0.15) is 0 Å². The number of halogens is 2. The van der Waals surface area contributed by atoms with Gasteiger partial charge in [-0.25, -0.2) is 4.79 Å². The van der Waals surface area contributed by atoms with Crippen LogP contribution in [-0.2, 0) is 9.63 Å². The fourth-order valence-corrected chi connectivity index (χ4v) is 1.79. The van der Waals surface area contributed by atoms with Crippen LogP contribution < -0.4 is 0 Å². The van der Waals surface area contributed by atoms with Gasteiger partial charge in [0.25, 0.3) is 0 Å². The fourth-order valence-electron chi connectivity index (χ4n) is 1.41. The molecule has 0 aliphatic rings. The third kappa shape index (κ3) is 3.59. The standard InChI is InChI=1S/C13H9Cl2NO3/c1-8(17)19-16-7-10-3-5-13(18-10)11-6-9(14)2-4-12(11)15/h2-7H,1H3/b16-7-. The molecule has 1 aromatic heterocycles. The Morgan fingerprint density at radius 2 is 2.11 bits per heavy atom. The minimum absolute atomic E-state index is 0.437. The molecule has 0 radical (unpaired) electrons. The molecular weight excluding hydrogens is 289 g/mol. The molecule has 0 N–H and O–H groups in total. The van der Waals surface area contributed by atoms with E-state index in [0.717, 1.165) is 0 Å². The van der Waals surface area contributed by atoms with Crippen molar-refractivity contribution in [3.05, 3.63) is 46.1 Å². The Hall–Kier alpha value is -1.78. The molecule has 0 unspecified atom stereocenters. The number of hydrogen-bond acceptors (Lipinski definition) is 4. The van der Waals surface area contributed by atoms with Crippen LogP contribution in [0, 0.1) is 0 Å². The highest BCUT2D eigenvalue weighted by molar-refractivity contribution is 6.35. The van der Waals surface area contributed by atoms with E-state index >= 15 is 0 Å². The zero-order valence-corrected chi connectivity index (χ0v) is 11.4. The second-order valence-electron chi connectivity index (χ2n) is 3.64. The predicted octanol–water partition coefficient (Wildman–Crippen LogP) is 4.15. The summed E-state index contributed by atoms with van der Waals surface area (Å²) in [6.07, 6.45) is 1.29. The molecule has 6 heteroatoms. The van der Waals surface area contributed by atoms with Crippen LogP contribution in [0.15, 0.2) is 39.9 Å². The summed E-state index contributed by atoms with van der Waals surface area (Å²) >= 11 is 12.0. The molecule has 0 aliphatic heterocycles. The molecule has 0 saturated carbocycles. The normalized spacial score (nSPS) is 10.9. The second kappa shape index (κ2) is 5.91. The van der Waals surface area contributed by atoms with Gasteiger partial charge in [0.1, 0.15) is 17.7 Å². The number of furan rings is 1. The van der Waals surface area contributed by atoms with Gasteiger partial charge < -0.3 is 9.25 Å². The molecule has 4 nitrogen and oxygen atoms in total. The molecule has 0 bridgehead atoms. The lowest BCUT2D eigenvalue weighted by atomic mass is 10.2. The first-order valence-corrected chi connectivity index (χ1v) is 6.08. The molecule has 19 heavy (non-hydrogen) atoms. The summed E-state index contributed by atoms with van der Waals surface area (Å²) in [6, 6.07) is 8.50. The highest BCUT2D eigenvalue weighted by Gasteiger charge is 2.08. The monoisotopic (exact) mass is 297 g/mol. The van der Waals surface area contributed by atoms with Crippen LogP contribution in [0.5, 0.6) is 0 Å². The van der Waals surface area contributed by atoms with Crippen LogP contribution >= 0.6 is 23.2 Å². The van der Waals surface area contributed by atoms with Gasteiger partial charge in [-0.05, 0) is 30.3 Å². The van der Waals surface area contributed by atoms with Gasteiger partial charge in [-0.3, -0.25) is 0 Å². The van der Waals surface area contributed by atoms with Gasteiger partial charge in [0, 0.05) is 17.5 Å². The maximum absolute atomic E-state index is 10.5. The first-order valence-electron chi connectivity index (χ1n) is 5.32.